The molecule has 5 heteroatoms. The highest BCUT2D eigenvalue weighted by Crippen LogP contribution is 1.95. The molecule has 0 fully saturated rings. The first kappa shape index (κ1) is 7.72. The first-order valence-electron chi connectivity index (χ1n) is 3.76. The average Bonchev–Trinajstić information content (AvgIpc) is 2.61. The van der Waals surface area contributed by atoms with Crippen LogP contribution in [-0.2, 0) is 6.54 Å². The van der Waals surface area contributed by atoms with Gasteiger partial charge in [-0.15, -0.1) is 0 Å². The third-order valence-corrected chi connectivity index (χ3v) is 1.62. The maximum atomic E-state index is 11.2. The van der Waals surface area contributed by atoms with E-state index in [4.69, 9.17) is 0 Å². The van der Waals surface area contributed by atoms with Gasteiger partial charge in [-0.05, 0) is 0 Å². The number of rotatable bonds is 2. The van der Waals surface area contributed by atoms with E-state index in [0.717, 1.165) is 0 Å². The van der Waals surface area contributed by atoms with Crippen molar-refractivity contribution in [2.45, 2.75) is 6.54 Å². The highest BCUT2D eigenvalue weighted by atomic mass is 16.5. The molecule has 0 saturated carbocycles. The first-order chi connectivity index (χ1) is 6.36. The lowest BCUT2D eigenvalue weighted by atomic mass is 10.4. The summed E-state index contributed by atoms with van der Waals surface area (Å²) in [6.45, 7) is 0.392. The molecule has 0 N–H and O–H groups in total. The van der Waals surface area contributed by atoms with Crippen LogP contribution in [0.1, 0.15) is 5.69 Å². The summed E-state index contributed by atoms with van der Waals surface area (Å²) in [5, 5.41) is 3.69. The zero-order valence-electron chi connectivity index (χ0n) is 6.75. The van der Waals surface area contributed by atoms with Gasteiger partial charge in [0.15, 0.2) is 0 Å². The van der Waals surface area contributed by atoms with Crippen LogP contribution in [0.15, 0.2) is 40.2 Å². The smallest absolute Gasteiger partial charge is 0.253 e. The van der Waals surface area contributed by atoms with Crippen molar-refractivity contribution in [3.05, 3.63) is 47.0 Å². The van der Waals surface area contributed by atoms with E-state index in [9.17, 15) is 4.79 Å². The maximum Gasteiger partial charge on any atom is 0.253 e. The van der Waals surface area contributed by atoms with Gasteiger partial charge in [0.05, 0.1) is 12.9 Å². The molecule has 0 aromatic carbocycles. The maximum absolute atomic E-state index is 11.2. The largest absolute Gasteiger partial charge is 0.364 e. The monoisotopic (exact) mass is 177 g/mol. The van der Waals surface area contributed by atoms with Crippen LogP contribution in [-0.4, -0.2) is 14.7 Å². The molecule has 0 amide bonds. The fourth-order valence-corrected chi connectivity index (χ4v) is 0.991. The van der Waals surface area contributed by atoms with E-state index in [0.29, 0.717) is 12.2 Å². The number of nitrogens with zero attached hydrogens (tertiary/aromatic N) is 3. The molecule has 66 valence electrons. The van der Waals surface area contributed by atoms with Crippen molar-refractivity contribution in [1.29, 1.82) is 0 Å². The van der Waals surface area contributed by atoms with Crippen molar-refractivity contribution in [1.82, 2.24) is 14.7 Å². The van der Waals surface area contributed by atoms with Crippen LogP contribution >= 0.6 is 0 Å². The van der Waals surface area contributed by atoms with Crippen molar-refractivity contribution >= 4 is 0 Å². The quantitative estimate of drug-likeness (QED) is 0.661. The Labute approximate surface area is 73.6 Å². The van der Waals surface area contributed by atoms with Gasteiger partial charge in [0.25, 0.3) is 5.56 Å². The molecule has 0 bridgehead atoms. The molecule has 0 saturated heterocycles. The van der Waals surface area contributed by atoms with Crippen molar-refractivity contribution < 1.29 is 4.52 Å². The standard InChI is InChI=1S/C8H7N3O2/c12-8-1-3-9-6-11(8)5-7-2-4-13-10-7/h1-4,6H,5H2. The minimum Gasteiger partial charge on any atom is -0.364 e. The molecule has 2 aromatic heterocycles. The number of aromatic nitrogens is 3. The summed E-state index contributed by atoms with van der Waals surface area (Å²) >= 11 is 0. The molecule has 2 aromatic rings. The lowest BCUT2D eigenvalue weighted by molar-refractivity contribution is 0.409. The van der Waals surface area contributed by atoms with Crippen LogP contribution in [0.5, 0.6) is 0 Å². The van der Waals surface area contributed by atoms with Gasteiger partial charge in [-0.3, -0.25) is 9.36 Å². The summed E-state index contributed by atoms with van der Waals surface area (Å²) in [6.07, 6.45) is 4.40. The second kappa shape index (κ2) is 3.22. The van der Waals surface area contributed by atoms with Gasteiger partial charge in [0.1, 0.15) is 12.0 Å². The van der Waals surface area contributed by atoms with Crippen LogP contribution in [0.4, 0.5) is 0 Å². The van der Waals surface area contributed by atoms with E-state index in [2.05, 4.69) is 14.7 Å². The van der Waals surface area contributed by atoms with Crippen LogP contribution in [0, 0.1) is 0 Å². The molecule has 5 nitrogen and oxygen atoms in total. The van der Waals surface area contributed by atoms with Crippen LogP contribution < -0.4 is 5.56 Å². The summed E-state index contributed by atoms with van der Waals surface area (Å²) in [6, 6.07) is 3.11. The number of hydrogen-bond donors (Lipinski definition) is 0. The molecule has 0 radical (unpaired) electrons. The van der Waals surface area contributed by atoms with Gasteiger partial charge in [-0.25, -0.2) is 4.98 Å². The second-order valence-electron chi connectivity index (χ2n) is 2.54. The minimum absolute atomic E-state index is 0.0991. The molecule has 2 rings (SSSR count). The summed E-state index contributed by atoms with van der Waals surface area (Å²) < 4.78 is 6.10. The molecular weight excluding hydrogens is 170 g/mol. The highest BCUT2D eigenvalue weighted by molar-refractivity contribution is 4.97. The van der Waals surface area contributed by atoms with Crippen molar-refractivity contribution in [3.63, 3.8) is 0 Å². The zero-order valence-corrected chi connectivity index (χ0v) is 6.75. The Morgan fingerprint density at radius 3 is 3.08 bits per heavy atom. The summed E-state index contributed by atoms with van der Waals surface area (Å²) in [7, 11) is 0. The molecular formula is C8H7N3O2. The summed E-state index contributed by atoms with van der Waals surface area (Å²) in [4.78, 5) is 15.0. The Morgan fingerprint density at radius 1 is 1.46 bits per heavy atom. The van der Waals surface area contributed by atoms with Crippen molar-refractivity contribution in [2.24, 2.45) is 0 Å². The highest BCUT2D eigenvalue weighted by Gasteiger charge is 1.98. The van der Waals surface area contributed by atoms with E-state index >= 15 is 0 Å². The van der Waals surface area contributed by atoms with Gasteiger partial charge in [-0.2, -0.15) is 0 Å². The fourth-order valence-electron chi connectivity index (χ4n) is 0.991. The van der Waals surface area contributed by atoms with Gasteiger partial charge >= 0.3 is 0 Å². The average molecular weight is 177 g/mol. The predicted octanol–water partition coefficient (Wildman–Crippen LogP) is 0.280. The molecule has 0 aliphatic rings. The number of hydrogen-bond acceptors (Lipinski definition) is 4. The Kier molecular flexibility index (Phi) is 1.91. The molecule has 0 aliphatic carbocycles. The first-order valence-corrected chi connectivity index (χ1v) is 3.76. The van der Waals surface area contributed by atoms with E-state index in [1.165, 1.54) is 29.4 Å². The van der Waals surface area contributed by atoms with Crippen LogP contribution in [0.3, 0.4) is 0 Å². The van der Waals surface area contributed by atoms with E-state index in [-0.39, 0.29) is 5.56 Å². The summed E-state index contributed by atoms with van der Waals surface area (Å²) in [5.74, 6) is 0. The SMILES string of the molecule is O=c1ccncn1Cc1ccon1. The molecule has 0 atom stereocenters. The molecule has 2 heterocycles. The topological polar surface area (TPSA) is 60.9 Å². The Balaban J connectivity index is 2.29. The van der Waals surface area contributed by atoms with Gasteiger partial charge in [-0.1, -0.05) is 5.16 Å². The van der Waals surface area contributed by atoms with Crippen LogP contribution in [0.25, 0.3) is 0 Å². The summed E-state index contributed by atoms with van der Waals surface area (Å²) in [5.41, 5.74) is 0.605. The zero-order chi connectivity index (χ0) is 9.10. The molecule has 0 spiro atoms. The van der Waals surface area contributed by atoms with Crippen molar-refractivity contribution in [3.8, 4) is 0 Å². The Hall–Kier alpha value is -1.91. The molecule has 0 aliphatic heterocycles. The van der Waals surface area contributed by atoms with Crippen LogP contribution in [0.2, 0.25) is 0 Å². The van der Waals surface area contributed by atoms with E-state index < -0.39 is 0 Å². The van der Waals surface area contributed by atoms with Gasteiger partial charge in [0, 0.05) is 18.3 Å². The van der Waals surface area contributed by atoms with Gasteiger partial charge in [0.2, 0.25) is 0 Å². The normalized spacial score (nSPS) is 10.2. The predicted molar refractivity (Wildman–Crippen MR) is 44.1 cm³/mol. The van der Waals surface area contributed by atoms with E-state index in [1.54, 1.807) is 6.07 Å². The fraction of sp³-hybridized carbons (Fsp3) is 0.125. The molecule has 13 heavy (non-hydrogen) atoms. The lowest BCUT2D eigenvalue weighted by Crippen LogP contribution is -2.19. The van der Waals surface area contributed by atoms with E-state index in [1.807, 2.05) is 0 Å². The lowest BCUT2D eigenvalue weighted by Gasteiger charge is -1.98. The molecule has 0 unspecified atom stereocenters. The minimum atomic E-state index is -0.0991. The third kappa shape index (κ3) is 1.64. The van der Waals surface area contributed by atoms with Gasteiger partial charge < -0.3 is 4.52 Å². The van der Waals surface area contributed by atoms with Crippen molar-refractivity contribution in [2.75, 3.05) is 0 Å². The Morgan fingerprint density at radius 2 is 2.38 bits per heavy atom. The third-order valence-electron chi connectivity index (χ3n) is 1.62. The second-order valence-corrected chi connectivity index (χ2v) is 2.54. The Bertz CT molecular complexity index is 433.